The van der Waals surface area contributed by atoms with E-state index in [0.29, 0.717) is 44.0 Å². The third-order valence-electron chi connectivity index (χ3n) is 10.7. The van der Waals surface area contributed by atoms with Crippen LogP contribution in [0.3, 0.4) is 0 Å². The lowest BCUT2D eigenvalue weighted by Gasteiger charge is -2.62. The van der Waals surface area contributed by atoms with Gasteiger partial charge >= 0.3 is 0 Å². The molecular formula is C30H41FN6O3. The number of ketones is 1. The molecule has 0 spiro atoms. The van der Waals surface area contributed by atoms with E-state index >= 15 is 4.39 Å². The molecule has 3 aliphatic heterocycles. The average Bonchev–Trinajstić information content (AvgIpc) is 2.98. The molecule has 9 nitrogen and oxygen atoms in total. The molecule has 3 saturated carbocycles. The molecule has 7 rings (SSSR count). The van der Waals surface area contributed by atoms with Crippen LogP contribution in [0.5, 0.6) is 0 Å². The van der Waals surface area contributed by atoms with Gasteiger partial charge in [0.15, 0.2) is 5.78 Å². The van der Waals surface area contributed by atoms with E-state index in [1.807, 2.05) is 25.2 Å². The van der Waals surface area contributed by atoms with Crippen LogP contribution >= 0.6 is 0 Å². The lowest BCUT2D eigenvalue weighted by atomic mass is 9.63. The van der Waals surface area contributed by atoms with Gasteiger partial charge in [-0.3, -0.25) is 9.59 Å². The molecule has 10 heteroatoms. The zero-order valence-corrected chi connectivity index (χ0v) is 23.6. The number of anilines is 1. The van der Waals surface area contributed by atoms with Gasteiger partial charge < -0.3 is 24.3 Å². The average molecular weight is 553 g/mol. The second kappa shape index (κ2) is 10.4. The van der Waals surface area contributed by atoms with Gasteiger partial charge in [0.2, 0.25) is 5.95 Å². The van der Waals surface area contributed by atoms with Crippen LogP contribution in [0.1, 0.15) is 44.9 Å². The van der Waals surface area contributed by atoms with Gasteiger partial charge in [0.1, 0.15) is 6.17 Å². The molecule has 3 aliphatic carbocycles. The fourth-order valence-electron chi connectivity index (χ4n) is 8.89. The van der Waals surface area contributed by atoms with Gasteiger partial charge in [0.05, 0.1) is 35.9 Å². The zero-order valence-electron chi connectivity index (χ0n) is 23.6. The monoisotopic (exact) mass is 552 g/mol. The molecule has 1 amide bonds. The highest BCUT2D eigenvalue weighted by atomic mass is 19.1. The Balaban J connectivity index is 1.20. The summed E-state index contributed by atoms with van der Waals surface area (Å²) in [6.45, 7) is 2.20. The molecule has 9 unspecified atom stereocenters. The smallest absolute Gasteiger partial charge is 0.259 e. The van der Waals surface area contributed by atoms with Crippen molar-refractivity contribution in [1.29, 1.82) is 0 Å². The van der Waals surface area contributed by atoms with Gasteiger partial charge in [0, 0.05) is 50.7 Å². The molecule has 0 aromatic carbocycles. The van der Waals surface area contributed by atoms with E-state index in [1.165, 1.54) is 19.3 Å². The van der Waals surface area contributed by atoms with E-state index in [9.17, 15) is 9.59 Å². The maximum atomic E-state index is 15.8. The van der Waals surface area contributed by atoms with E-state index in [2.05, 4.69) is 19.8 Å². The van der Waals surface area contributed by atoms with E-state index in [-0.39, 0.29) is 41.9 Å². The number of aromatic nitrogens is 2. The zero-order chi connectivity index (χ0) is 27.5. The number of hydrogen-bond donors (Lipinski definition) is 0. The SMILES string of the molecule is CN(C)C1C(F)CC2C(=O)C(C(=O)N3CCN(c4ncccn4)CC3)=CN3C4C(CCC5CCCCC54)OC1C23. The number of likely N-dealkylation sites (N-methyl/N-ethyl adjacent to an activating group) is 1. The fraction of sp³-hybridized carbons (Fsp3) is 0.733. The summed E-state index contributed by atoms with van der Waals surface area (Å²) in [5.41, 5.74) is 0.235. The molecule has 0 N–H and O–H groups in total. The van der Waals surface area contributed by atoms with Crippen molar-refractivity contribution in [1.82, 2.24) is 24.7 Å². The Morgan fingerprint density at radius 1 is 1.02 bits per heavy atom. The molecule has 0 radical (unpaired) electrons. The van der Waals surface area contributed by atoms with E-state index < -0.39 is 24.2 Å². The standard InChI is InChI=1S/C30H41FN6O3/c1-34(2)26-22(31)16-20-25-28(26)40-23-9-8-18-6-3-4-7-19(18)24(23)37(25)17-21(27(20)38)29(39)35-12-14-36(15-13-35)30-32-10-5-11-33-30/h5,10-11,17-20,22-26,28H,3-4,6-9,12-16H2,1-2H3. The maximum Gasteiger partial charge on any atom is 0.259 e. The molecular weight excluding hydrogens is 511 g/mol. The number of halogens is 1. The van der Waals surface area contributed by atoms with Gasteiger partial charge in [-0.15, -0.1) is 0 Å². The predicted molar refractivity (Wildman–Crippen MR) is 147 cm³/mol. The van der Waals surface area contributed by atoms with Crippen LogP contribution < -0.4 is 4.90 Å². The summed E-state index contributed by atoms with van der Waals surface area (Å²) in [4.78, 5) is 44.8. The van der Waals surface area contributed by atoms with E-state index in [0.717, 1.165) is 19.3 Å². The van der Waals surface area contributed by atoms with E-state index in [1.54, 1.807) is 23.4 Å². The highest BCUT2D eigenvalue weighted by Crippen LogP contribution is 2.51. The summed E-state index contributed by atoms with van der Waals surface area (Å²) in [5, 5.41) is 0. The third kappa shape index (κ3) is 4.24. The summed E-state index contributed by atoms with van der Waals surface area (Å²) in [5.74, 6) is 0.811. The normalized spacial score (nSPS) is 39.3. The Morgan fingerprint density at radius 2 is 1.77 bits per heavy atom. The van der Waals surface area contributed by atoms with Crippen molar-refractivity contribution in [2.75, 3.05) is 45.2 Å². The lowest BCUT2D eigenvalue weighted by Crippen LogP contribution is -2.74. The molecule has 1 aromatic heterocycles. The van der Waals surface area contributed by atoms with Gasteiger partial charge in [-0.05, 0) is 57.7 Å². The number of hydrogen-bond acceptors (Lipinski definition) is 8. The number of ether oxygens (including phenoxy) is 1. The summed E-state index contributed by atoms with van der Waals surface area (Å²) >= 11 is 0. The van der Waals surface area contributed by atoms with Crippen molar-refractivity contribution in [3.63, 3.8) is 0 Å². The first-order valence-electron chi connectivity index (χ1n) is 15.2. The third-order valence-corrected chi connectivity index (χ3v) is 10.7. The largest absolute Gasteiger partial charge is 0.369 e. The first-order chi connectivity index (χ1) is 19.4. The molecule has 216 valence electrons. The minimum atomic E-state index is -1.18. The predicted octanol–water partition coefficient (Wildman–Crippen LogP) is 2.29. The number of rotatable bonds is 3. The van der Waals surface area contributed by atoms with E-state index in [4.69, 9.17) is 4.74 Å². The van der Waals surface area contributed by atoms with Gasteiger partial charge in [-0.1, -0.05) is 19.3 Å². The van der Waals surface area contributed by atoms with Crippen LogP contribution in [0.25, 0.3) is 0 Å². The number of fused-ring (bicyclic) bond motifs is 4. The molecule has 4 heterocycles. The number of Topliss-reactive ketones (excluding diaryl/α,β-unsaturated/α-hetero) is 1. The Labute approximate surface area is 235 Å². The second-order valence-electron chi connectivity index (χ2n) is 12.9. The Hall–Kier alpha value is -2.59. The minimum Gasteiger partial charge on any atom is -0.369 e. The molecule has 6 aliphatic rings. The van der Waals surface area contributed by atoms with Crippen LogP contribution in [0.15, 0.2) is 30.2 Å². The van der Waals surface area contributed by atoms with Crippen LogP contribution in [-0.2, 0) is 14.3 Å². The number of nitrogens with zero attached hydrogens (tertiary/aromatic N) is 6. The highest BCUT2D eigenvalue weighted by Gasteiger charge is 2.61. The van der Waals surface area contributed by atoms with Crippen molar-refractivity contribution in [2.45, 2.75) is 81.5 Å². The van der Waals surface area contributed by atoms with Crippen LogP contribution in [-0.4, -0.2) is 113 Å². The molecule has 40 heavy (non-hydrogen) atoms. The first kappa shape index (κ1) is 26.3. The first-order valence-corrected chi connectivity index (χ1v) is 15.2. The number of alkyl halides is 1. The van der Waals surface area contributed by atoms with Crippen molar-refractivity contribution in [2.24, 2.45) is 17.8 Å². The molecule has 9 atom stereocenters. The van der Waals surface area contributed by atoms with Crippen molar-refractivity contribution < 1.29 is 18.7 Å². The van der Waals surface area contributed by atoms with Gasteiger partial charge in [-0.25, -0.2) is 14.4 Å². The Morgan fingerprint density at radius 3 is 2.52 bits per heavy atom. The van der Waals surface area contributed by atoms with Crippen molar-refractivity contribution in [3.05, 3.63) is 30.2 Å². The van der Waals surface area contributed by atoms with Crippen molar-refractivity contribution >= 4 is 17.6 Å². The van der Waals surface area contributed by atoms with Crippen LogP contribution in [0.2, 0.25) is 0 Å². The second-order valence-corrected chi connectivity index (χ2v) is 12.9. The lowest BCUT2D eigenvalue weighted by molar-refractivity contribution is -0.224. The van der Waals surface area contributed by atoms with Gasteiger partial charge in [-0.2, -0.15) is 0 Å². The summed E-state index contributed by atoms with van der Waals surface area (Å²) in [7, 11) is 3.82. The maximum absolute atomic E-state index is 15.8. The number of morpholine rings is 1. The summed E-state index contributed by atoms with van der Waals surface area (Å²) in [6.07, 6.45) is 10.9. The Kier molecular flexibility index (Phi) is 6.81. The summed E-state index contributed by atoms with van der Waals surface area (Å²) < 4.78 is 22.6. The highest BCUT2D eigenvalue weighted by molar-refractivity contribution is 6.20. The van der Waals surface area contributed by atoms with Crippen LogP contribution in [0.4, 0.5) is 10.3 Å². The van der Waals surface area contributed by atoms with Crippen molar-refractivity contribution in [3.8, 4) is 0 Å². The summed E-state index contributed by atoms with van der Waals surface area (Å²) in [6, 6.07) is 1.30. The Bertz CT molecular complexity index is 1160. The number of carbonyl (C=O) groups excluding carboxylic acids is 2. The number of carbonyl (C=O) groups is 2. The quantitative estimate of drug-likeness (QED) is 0.529. The van der Waals surface area contributed by atoms with Gasteiger partial charge in [0.25, 0.3) is 5.91 Å². The topological polar surface area (TPSA) is 82.1 Å². The van der Waals surface area contributed by atoms with Crippen LogP contribution in [0, 0.1) is 17.8 Å². The number of amides is 1. The fourth-order valence-corrected chi connectivity index (χ4v) is 8.89. The minimum absolute atomic E-state index is 0.00391. The molecule has 2 saturated heterocycles. The molecule has 5 fully saturated rings. The number of piperazine rings is 1. The molecule has 1 aromatic rings. The molecule has 0 bridgehead atoms.